The predicted molar refractivity (Wildman–Crippen MR) is 87.9 cm³/mol. The van der Waals surface area contributed by atoms with Gasteiger partial charge in [0.2, 0.25) is 0 Å². The van der Waals surface area contributed by atoms with Crippen LogP contribution in [0.1, 0.15) is 21.5 Å². The summed E-state index contributed by atoms with van der Waals surface area (Å²) in [5.41, 5.74) is 3.83. The number of hydrogen-bond donors (Lipinski definition) is 1. The number of benzene rings is 2. The van der Waals surface area contributed by atoms with Crippen molar-refractivity contribution in [1.29, 1.82) is 0 Å². The van der Waals surface area contributed by atoms with Crippen molar-refractivity contribution in [2.75, 3.05) is 19.0 Å². The van der Waals surface area contributed by atoms with E-state index in [1.807, 2.05) is 67.5 Å². The molecule has 2 aromatic rings. The lowest BCUT2D eigenvalue weighted by Crippen LogP contribution is -2.22. The van der Waals surface area contributed by atoms with Gasteiger partial charge >= 0.3 is 0 Å². The lowest BCUT2D eigenvalue weighted by molar-refractivity contribution is 0.0951. The van der Waals surface area contributed by atoms with Crippen molar-refractivity contribution in [3.8, 4) is 0 Å². The summed E-state index contributed by atoms with van der Waals surface area (Å²) < 4.78 is 0. The summed E-state index contributed by atoms with van der Waals surface area (Å²) in [7, 11) is 3.94. The second-order valence-corrected chi connectivity index (χ2v) is 5.34. The third-order valence-electron chi connectivity index (χ3n) is 3.24. The van der Waals surface area contributed by atoms with E-state index in [0.29, 0.717) is 18.0 Å². The maximum atomic E-state index is 12.1. The maximum Gasteiger partial charge on any atom is 0.251 e. The van der Waals surface area contributed by atoms with Crippen molar-refractivity contribution in [1.82, 2.24) is 5.32 Å². The van der Waals surface area contributed by atoms with Crippen LogP contribution in [0, 0.1) is 0 Å². The van der Waals surface area contributed by atoms with E-state index in [-0.39, 0.29) is 5.91 Å². The molecule has 110 valence electrons. The van der Waals surface area contributed by atoms with E-state index in [1.165, 1.54) is 0 Å². The van der Waals surface area contributed by atoms with Crippen molar-refractivity contribution in [3.05, 3.63) is 65.2 Å². The van der Waals surface area contributed by atoms with Gasteiger partial charge in [-0.15, -0.1) is 11.6 Å². The molecule has 4 heteroatoms. The summed E-state index contributed by atoms with van der Waals surface area (Å²) in [4.78, 5) is 14.1. The van der Waals surface area contributed by atoms with Gasteiger partial charge in [0.05, 0.1) is 0 Å². The molecular formula is C17H19ClN2O. The fraction of sp³-hybridized carbons (Fsp3) is 0.235. The average Bonchev–Trinajstić information content (AvgIpc) is 2.53. The fourth-order valence-electron chi connectivity index (χ4n) is 2.02. The Labute approximate surface area is 130 Å². The first-order valence-electron chi connectivity index (χ1n) is 6.79. The Bertz CT molecular complexity index is 608. The van der Waals surface area contributed by atoms with Crippen LogP contribution in [-0.2, 0) is 12.4 Å². The molecule has 0 heterocycles. The zero-order valence-electron chi connectivity index (χ0n) is 12.3. The van der Waals surface area contributed by atoms with Crippen molar-refractivity contribution in [2.45, 2.75) is 12.4 Å². The van der Waals surface area contributed by atoms with Crippen LogP contribution in [0.4, 0.5) is 5.69 Å². The van der Waals surface area contributed by atoms with E-state index in [9.17, 15) is 4.79 Å². The van der Waals surface area contributed by atoms with Gasteiger partial charge in [-0.1, -0.05) is 24.3 Å². The Morgan fingerprint density at radius 1 is 1.10 bits per heavy atom. The normalized spacial score (nSPS) is 10.2. The summed E-state index contributed by atoms with van der Waals surface area (Å²) >= 11 is 5.81. The molecule has 3 nitrogen and oxygen atoms in total. The monoisotopic (exact) mass is 302 g/mol. The van der Waals surface area contributed by atoms with Crippen molar-refractivity contribution >= 4 is 23.2 Å². The molecule has 0 radical (unpaired) electrons. The molecule has 1 N–H and O–H groups in total. The van der Waals surface area contributed by atoms with Gasteiger partial charge < -0.3 is 10.2 Å². The van der Waals surface area contributed by atoms with E-state index in [1.54, 1.807) is 0 Å². The number of anilines is 1. The number of alkyl halides is 1. The molecule has 0 aromatic heterocycles. The van der Waals surface area contributed by atoms with Crippen LogP contribution in [-0.4, -0.2) is 20.0 Å². The highest BCUT2D eigenvalue weighted by Crippen LogP contribution is 2.12. The molecule has 0 unspecified atom stereocenters. The first-order valence-corrected chi connectivity index (χ1v) is 7.33. The average molecular weight is 303 g/mol. The molecule has 21 heavy (non-hydrogen) atoms. The number of nitrogens with one attached hydrogen (secondary N) is 1. The molecule has 0 spiro atoms. The maximum absolute atomic E-state index is 12.1. The molecule has 0 aliphatic heterocycles. The van der Waals surface area contributed by atoms with E-state index in [4.69, 9.17) is 11.6 Å². The summed E-state index contributed by atoms with van der Waals surface area (Å²) in [6.07, 6.45) is 0. The van der Waals surface area contributed by atoms with E-state index >= 15 is 0 Å². The molecule has 0 bridgehead atoms. The molecule has 2 aromatic carbocycles. The molecule has 0 atom stereocenters. The standard InChI is InChI=1S/C17H19ClN2O/c1-20(2)16-8-6-15(7-9-16)17(21)19-12-14-5-3-4-13(10-14)11-18/h3-10H,11-12H2,1-2H3,(H,19,21). The number of nitrogens with zero attached hydrogens (tertiary/aromatic N) is 1. The quantitative estimate of drug-likeness (QED) is 0.858. The van der Waals surface area contributed by atoms with Gasteiger partial charge in [-0.3, -0.25) is 4.79 Å². The van der Waals surface area contributed by atoms with E-state index in [2.05, 4.69) is 5.32 Å². The zero-order valence-corrected chi connectivity index (χ0v) is 13.0. The molecule has 1 amide bonds. The zero-order chi connectivity index (χ0) is 15.2. The van der Waals surface area contributed by atoms with Gasteiger partial charge in [0.25, 0.3) is 5.91 Å². The van der Waals surface area contributed by atoms with Crippen LogP contribution in [0.3, 0.4) is 0 Å². The molecule has 0 fully saturated rings. The summed E-state index contributed by atoms with van der Waals surface area (Å²) in [5.74, 6) is 0.407. The van der Waals surface area contributed by atoms with Crippen LogP contribution >= 0.6 is 11.6 Å². The van der Waals surface area contributed by atoms with E-state index in [0.717, 1.165) is 16.8 Å². The van der Waals surface area contributed by atoms with Gasteiger partial charge in [0.15, 0.2) is 0 Å². The molecule has 0 aliphatic carbocycles. The van der Waals surface area contributed by atoms with Gasteiger partial charge in [-0.2, -0.15) is 0 Å². The van der Waals surface area contributed by atoms with Crippen molar-refractivity contribution in [2.24, 2.45) is 0 Å². The fourth-order valence-corrected chi connectivity index (χ4v) is 2.18. The van der Waals surface area contributed by atoms with Gasteiger partial charge in [0, 0.05) is 37.8 Å². The van der Waals surface area contributed by atoms with Crippen LogP contribution < -0.4 is 10.2 Å². The molecule has 2 rings (SSSR count). The number of rotatable bonds is 5. The Morgan fingerprint density at radius 2 is 1.76 bits per heavy atom. The first kappa shape index (κ1) is 15.4. The minimum Gasteiger partial charge on any atom is -0.378 e. The topological polar surface area (TPSA) is 32.3 Å². The summed E-state index contributed by atoms with van der Waals surface area (Å²) in [5, 5.41) is 2.92. The number of carbonyl (C=O) groups excluding carboxylic acids is 1. The number of halogens is 1. The first-order chi connectivity index (χ1) is 10.1. The molecule has 0 saturated carbocycles. The second-order valence-electron chi connectivity index (χ2n) is 5.08. The Kier molecular flexibility index (Phi) is 5.23. The van der Waals surface area contributed by atoms with Crippen LogP contribution in [0.5, 0.6) is 0 Å². The number of amides is 1. The SMILES string of the molecule is CN(C)c1ccc(C(=O)NCc2cccc(CCl)c2)cc1. The highest BCUT2D eigenvalue weighted by atomic mass is 35.5. The second kappa shape index (κ2) is 7.14. The molecular weight excluding hydrogens is 284 g/mol. The van der Waals surface area contributed by atoms with Gasteiger partial charge in [-0.25, -0.2) is 0 Å². The highest BCUT2D eigenvalue weighted by molar-refractivity contribution is 6.17. The van der Waals surface area contributed by atoms with Gasteiger partial charge in [-0.05, 0) is 35.4 Å². The highest BCUT2D eigenvalue weighted by Gasteiger charge is 2.06. The predicted octanol–water partition coefficient (Wildman–Crippen LogP) is 3.42. The summed E-state index contributed by atoms with van der Waals surface area (Å²) in [6.45, 7) is 0.499. The molecule has 0 aliphatic rings. The Hall–Kier alpha value is -2.00. The number of hydrogen-bond acceptors (Lipinski definition) is 2. The number of carbonyl (C=O) groups is 1. The summed E-state index contributed by atoms with van der Waals surface area (Å²) in [6, 6.07) is 15.4. The van der Waals surface area contributed by atoms with Crippen LogP contribution in [0.25, 0.3) is 0 Å². The Balaban J connectivity index is 1.97. The lowest BCUT2D eigenvalue weighted by Gasteiger charge is -2.12. The minimum atomic E-state index is -0.0726. The largest absolute Gasteiger partial charge is 0.378 e. The lowest BCUT2D eigenvalue weighted by atomic mass is 10.1. The van der Waals surface area contributed by atoms with Crippen molar-refractivity contribution < 1.29 is 4.79 Å². The third kappa shape index (κ3) is 4.23. The van der Waals surface area contributed by atoms with Gasteiger partial charge in [0.1, 0.15) is 0 Å². The van der Waals surface area contributed by atoms with Crippen LogP contribution in [0.2, 0.25) is 0 Å². The van der Waals surface area contributed by atoms with Crippen molar-refractivity contribution in [3.63, 3.8) is 0 Å². The minimum absolute atomic E-state index is 0.0726. The molecule has 0 saturated heterocycles. The Morgan fingerprint density at radius 3 is 2.38 bits per heavy atom. The smallest absolute Gasteiger partial charge is 0.251 e. The van der Waals surface area contributed by atoms with Crippen LogP contribution in [0.15, 0.2) is 48.5 Å². The van der Waals surface area contributed by atoms with E-state index < -0.39 is 0 Å². The third-order valence-corrected chi connectivity index (χ3v) is 3.55.